The first kappa shape index (κ1) is 19.6. The van der Waals surface area contributed by atoms with Gasteiger partial charge in [-0.2, -0.15) is 4.98 Å². The Morgan fingerprint density at radius 1 is 1.29 bits per heavy atom. The lowest BCUT2D eigenvalue weighted by molar-refractivity contribution is 0.0597. The molecule has 0 amide bonds. The number of halogens is 1. The van der Waals surface area contributed by atoms with Crippen LogP contribution in [0, 0.1) is 5.82 Å². The molecule has 0 bridgehead atoms. The third kappa shape index (κ3) is 4.40. The first-order valence-corrected chi connectivity index (χ1v) is 8.83. The summed E-state index contributed by atoms with van der Waals surface area (Å²) in [5.74, 6) is -0.780. The molecule has 2 aromatic heterocycles. The molecule has 0 saturated carbocycles. The number of nitrogens with one attached hydrogen (secondary N) is 1. The van der Waals surface area contributed by atoms with Crippen LogP contribution in [0.2, 0.25) is 0 Å². The fraction of sp³-hybridized carbons (Fsp3) is 0.300. The molecule has 0 unspecified atom stereocenters. The van der Waals surface area contributed by atoms with E-state index in [1.807, 2.05) is 6.92 Å². The average molecular weight is 388 g/mol. The van der Waals surface area contributed by atoms with Crippen molar-refractivity contribution < 1.29 is 28.5 Å². The second-order valence-corrected chi connectivity index (χ2v) is 6.24. The van der Waals surface area contributed by atoms with Gasteiger partial charge in [-0.3, -0.25) is 0 Å². The minimum absolute atomic E-state index is 0.00334. The number of carbonyl (C=O) groups excluding carboxylic acids is 1. The molecular formula is C20H21FN2O5. The maximum absolute atomic E-state index is 13.8. The number of aromatic amines is 1. The molecule has 1 aromatic carbocycles. The number of nitrogens with zero attached hydrogens (tertiary/aromatic N) is 1. The van der Waals surface area contributed by atoms with Crippen molar-refractivity contribution in [3.05, 3.63) is 47.9 Å². The second kappa shape index (κ2) is 8.71. The van der Waals surface area contributed by atoms with Crippen molar-refractivity contribution in [3.8, 4) is 17.4 Å². The summed E-state index contributed by atoms with van der Waals surface area (Å²) in [6.45, 7) is 1.91. The van der Waals surface area contributed by atoms with E-state index in [1.54, 1.807) is 18.3 Å². The number of rotatable bonds is 8. The van der Waals surface area contributed by atoms with Crippen LogP contribution in [-0.4, -0.2) is 40.9 Å². The normalized spacial score (nSPS) is 12.0. The fourth-order valence-corrected chi connectivity index (χ4v) is 2.71. The topological polar surface area (TPSA) is 93.7 Å². The highest BCUT2D eigenvalue weighted by Gasteiger charge is 2.19. The quantitative estimate of drug-likeness (QED) is 0.570. The van der Waals surface area contributed by atoms with Crippen LogP contribution in [-0.2, 0) is 4.74 Å². The molecule has 0 aliphatic heterocycles. The molecule has 1 atom stereocenters. The van der Waals surface area contributed by atoms with E-state index in [0.29, 0.717) is 18.5 Å². The third-order valence-corrected chi connectivity index (χ3v) is 4.12. The maximum atomic E-state index is 13.8. The molecule has 8 heteroatoms. The number of carbonyl (C=O) groups is 1. The van der Waals surface area contributed by atoms with Crippen molar-refractivity contribution in [2.24, 2.45) is 0 Å². The molecule has 148 valence electrons. The minimum Gasteiger partial charge on any atom is -0.472 e. The number of pyridine rings is 1. The van der Waals surface area contributed by atoms with E-state index >= 15 is 0 Å². The van der Waals surface area contributed by atoms with Gasteiger partial charge >= 0.3 is 5.97 Å². The van der Waals surface area contributed by atoms with Gasteiger partial charge in [0, 0.05) is 24.3 Å². The molecule has 28 heavy (non-hydrogen) atoms. The molecule has 3 rings (SSSR count). The molecule has 0 aliphatic carbocycles. The largest absolute Gasteiger partial charge is 0.472 e. The maximum Gasteiger partial charge on any atom is 0.341 e. The summed E-state index contributed by atoms with van der Waals surface area (Å²) in [5.41, 5.74) is 0.682. The van der Waals surface area contributed by atoms with E-state index in [9.17, 15) is 9.18 Å². The van der Waals surface area contributed by atoms with Gasteiger partial charge in [-0.25, -0.2) is 9.18 Å². The Bertz CT molecular complexity index is 972. The Kier molecular flexibility index (Phi) is 6.10. The highest BCUT2D eigenvalue weighted by molar-refractivity contribution is 5.92. The molecule has 0 aliphatic rings. The van der Waals surface area contributed by atoms with Crippen LogP contribution in [0.3, 0.4) is 0 Å². The van der Waals surface area contributed by atoms with Crippen molar-refractivity contribution >= 4 is 17.0 Å². The smallest absolute Gasteiger partial charge is 0.341 e. The number of aromatic nitrogens is 2. The molecule has 0 radical (unpaired) electrons. The SMILES string of the molecule is COC(=O)c1ccc(F)cc1Oc1cc2cc[nH]c2nc1O[C@@H](C)CCCO. The molecule has 0 saturated heterocycles. The third-order valence-electron chi connectivity index (χ3n) is 4.12. The zero-order chi connectivity index (χ0) is 20.1. The summed E-state index contributed by atoms with van der Waals surface area (Å²) in [6, 6.07) is 7.05. The van der Waals surface area contributed by atoms with Crippen LogP contribution >= 0.6 is 0 Å². The summed E-state index contributed by atoms with van der Waals surface area (Å²) in [7, 11) is 1.24. The molecule has 0 fully saturated rings. The van der Waals surface area contributed by atoms with E-state index < -0.39 is 11.8 Å². The van der Waals surface area contributed by atoms with Gasteiger partial charge in [-0.1, -0.05) is 0 Å². The number of aliphatic hydroxyl groups excluding tert-OH is 1. The fourth-order valence-electron chi connectivity index (χ4n) is 2.71. The van der Waals surface area contributed by atoms with Crippen LogP contribution in [0.25, 0.3) is 11.0 Å². The van der Waals surface area contributed by atoms with E-state index in [-0.39, 0.29) is 35.7 Å². The van der Waals surface area contributed by atoms with Crippen molar-refractivity contribution in [2.75, 3.05) is 13.7 Å². The number of methoxy groups -OCH3 is 1. The van der Waals surface area contributed by atoms with Gasteiger partial charge in [0.25, 0.3) is 5.88 Å². The number of ether oxygens (including phenoxy) is 3. The first-order valence-electron chi connectivity index (χ1n) is 8.83. The molecular weight excluding hydrogens is 367 g/mol. The highest BCUT2D eigenvalue weighted by atomic mass is 19.1. The predicted molar refractivity (Wildman–Crippen MR) is 100 cm³/mol. The Labute approximate surface area is 161 Å². The van der Waals surface area contributed by atoms with Crippen molar-refractivity contribution in [2.45, 2.75) is 25.9 Å². The van der Waals surface area contributed by atoms with E-state index in [1.165, 1.54) is 13.2 Å². The van der Waals surface area contributed by atoms with Gasteiger partial charge in [0.15, 0.2) is 5.75 Å². The number of benzene rings is 1. The lowest BCUT2D eigenvalue weighted by atomic mass is 10.2. The standard InChI is InChI=1S/C20H21FN2O5/c1-12(4-3-9-24)27-19-17(10-13-7-8-22-18(13)23-19)28-16-11-14(21)5-6-15(16)20(25)26-2/h5-8,10-12,24H,3-4,9H2,1-2H3,(H,22,23)/t12-/m0/s1. The summed E-state index contributed by atoms with van der Waals surface area (Å²) < 4.78 is 30.2. The van der Waals surface area contributed by atoms with Gasteiger partial charge in [0.2, 0.25) is 0 Å². The van der Waals surface area contributed by atoms with Crippen LogP contribution in [0.5, 0.6) is 17.4 Å². The van der Waals surface area contributed by atoms with Gasteiger partial charge < -0.3 is 24.3 Å². The van der Waals surface area contributed by atoms with E-state index in [2.05, 4.69) is 9.97 Å². The van der Waals surface area contributed by atoms with E-state index in [4.69, 9.17) is 19.3 Å². The Morgan fingerprint density at radius 3 is 2.86 bits per heavy atom. The number of fused-ring (bicyclic) bond motifs is 1. The van der Waals surface area contributed by atoms with Crippen molar-refractivity contribution in [3.63, 3.8) is 0 Å². The summed E-state index contributed by atoms with van der Waals surface area (Å²) >= 11 is 0. The average Bonchev–Trinajstić information content (AvgIpc) is 3.13. The highest BCUT2D eigenvalue weighted by Crippen LogP contribution is 2.35. The Hall–Kier alpha value is -3.13. The van der Waals surface area contributed by atoms with Crippen molar-refractivity contribution in [1.82, 2.24) is 9.97 Å². The predicted octanol–water partition coefficient (Wildman–Crippen LogP) is 3.82. The number of aliphatic hydroxyl groups is 1. The minimum atomic E-state index is -0.649. The van der Waals surface area contributed by atoms with Crippen LogP contribution in [0.15, 0.2) is 36.5 Å². The van der Waals surface area contributed by atoms with Gasteiger partial charge in [-0.15, -0.1) is 0 Å². The Morgan fingerprint density at radius 2 is 2.11 bits per heavy atom. The molecule has 7 nitrogen and oxygen atoms in total. The molecule has 3 aromatic rings. The lowest BCUT2D eigenvalue weighted by Crippen LogP contribution is -2.14. The van der Waals surface area contributed by atoms with Gasteiger partial charge in [0.1, 0.15) is 22.8 Å². The second-order valence-electron chi connectivity index (χ2n) is 6.24. The summed E-state index contributed by atoms with van der Waals surface area (Å²) in [5, 5.41) is 9.76. The van der Waals surface area contributed by atoms with Gasteiger partial charge in [0.05, 0.1) is 13.2 Å². The number of esters is 1. The number of hydrogen-bond donors (Lipinski definition) is 2. The van der Waals surface area contributed by atoms with Gasteiger partial charge in [-0.05, 0) is 44.0 Å². The van der Waals surface area contributed by atoms with Crippen molar-refractivity contribution in [1.29, 1.82) is 0 Å². The van der Waals surface area contributed by atoms with Crippen LogP contribution in [0.1, 0.15) is 30.1 Å². The first-order chi connectivity index (χ1) is 13.5. The Balaban J connectivity index is 1.99. The number of hydrogen-bond acceptors (Lipinski definition) is 6. The molecule has 2 N–H and O–H groups in total. The zero-order valence-corrected chi connectivity index (χ0v) is 15.6. The van der Waals surface area contributed by atoms with E-state index in [0.717, 1.165) is 17.5 Å². The number of H-pyrrole nitrogens is 1. The zero-order valence-electron chi connectivity index (χ0n) is 15.6. The lowest BCUT2D eigenvalue weighted by Gasteiger charge is -2.17. The van der Waals surface area contributed by atoms with Crippen LogP contribution < -0.4 is 9.47 Å². The monoisotopic (exact) mass is 388 g/mol. The van der Waals surface area contributed by atoms with Crippen LogP contribution in [0.4, 0.5) is 4.39 Å². The summed E-state index contributed by atoms with van der Waals surface area (Å²) in [4.78, 5) is 19.4. The molecule has 0 spiro atoms. The summed E-state index contributed by atoms with van der Waals surface area (Å²) in [6.07, 6.45) is 2.69. The molecule has 2 heterocycles.